The summed E-state index contributed by atoms with van der Waals surface area (Å²) >= 11 is 0. The second-order valence-corrected chi connectivity index (χ2v) is 3.62. The van der Waals surface area contributed by atoms with Crippen LogP contribution in [0.3, 0.4) is 0 Å². The molecule has 1 atom stereocenters. The van der Waals surface area contributed by atoms with Gasteiger partial charge in [-0.1, -0.05) is 25.6 Å². The Balaban J connectivity index is 2.69. The summed E-state index contributed by atoms with van der Waals surface area (Å²) in [6, 6.07) is 5.23. The van der Waals surface area contributed by atoms with E-state index in [0.717, 1.165) is 0 Å². The number of rotatable bonds is 5. The van der Waals surface area contributed by atoms with E-state index in [1.165, 1.54) is 24.3 Å². The number of hydrogen-bond donors (Lipinski definition) is 1. The first kappa shape index (κ1) is 13.4. The van der Waals surface area contributed by atoms with Gasteiger partial charge in [0.25, 0.3) is 0 Å². The zero-order valence-electron chi connectivity index (χ0n) is 9.65. The molecule has 0 bridgehead atoms. The summed E-state index contributed by atoms with van der Waals surface area (Å²) in [5.41, 5.74) is 0.356. The quantitative estimate of drug-likeness (QED) is 0.632. The topological polar surface area (TPSA) is 46.5 Å². The fourth-order valence-corrected chi connectivity index (χ4v) is 1.25. The lowest BCUT2D eigenvalue weighted by molar-refractivity contribution is -0.140. The SMILES string of the molecule is C=C(C(=O)OCCC)C(O)c1ccc(F)cc1. The molecule has 0 spiro atoms. The summed E-state index contributed by atoms with van der Waals surface area (Å²) in [6.07, 6.45) is -0.467. The van der Waals surface area contributed by atoms with Gasteiger partial charge in [-0.2, -0.15) is 0 Å². The third kappa shape index (κ3) is 3.67. The van der Waals surface area contributed by atoms with E-state index in [4.69, 9.17) is 4.74 Å². The summed E-state index contributed by atoms with van der Waals surface area (Å²) in [5.74, 6) is -1.04. The minimum atomic E-state index is -1.17. The zero-order chi connectivity index (χ0) is 12.8. The van der Waals surface area contributed by atoms with Crippen molar-refractivity contribution < 1.29 is 19.0 Å². The van der Waals surface area contributed by atoms with Gasteiger partial charge in [0.1, 0.15) is 11.9 Å². The molecule has 0 amide bonds. The molecule has 0 heterocycles. The number of aliphatic hydroxyl groups is 1. The van der Waals surface area contributed by atoms with Crippen LogP contribution in [0.4, 0.5) is 4.39 Å². The van der Waals surface area contributed by atoms with Crippen molar-refractivity contribution >= 4 is 5.97 Å². The first-order chi connectivity index (χ1) is 8.06. The first-order valence-corrected chi connectivity index (χ1v) is 5.35. The van der Waals surface area contributed by atoms with Gasteiger partial charge in [0.05, 0.1) is 12.2 Å². The van der Waals surface area contributed by atoms with Crippen LogP contribution >= 0.6 is 0 Å². The summed E-state index contributed by atoms with van der Waals surface area (Å²) in [4.78, 5) is 11.4. The van der Waals surface area contributed by atoms with Gasteiger partial charge in [-0.05, 0) is 24.1 Å². The molecule has 4 heteroatoms. The molecule has 0 saturated carbocycles. The van der Waals surface area contributed by atoms with E-state index in [-0.39, 0.29) is 12.2 Å². The molecule has 1 unspecified atom stereocenters. The van der Waals surface area contributed by atoms with Gasteiger partial charge >= 0.3 is 5.97 Å². The van der Waals surface area contributed by atoms with E-state index in [9.17, 15) is 14.3 Å². The molecule has 17 heavy (non-hydrogen) atoms. The molecule has 1 aromatic carbocycles. The first-order valence-electron chi connectivity index (χ1n) is 5.35. The molecular weight excluding hydrogens is 223 g/mol. The van der Waals surface area contributed by atoms with Gasteiger partial charge in [-0.15, -0.1) is 0 Å². The Kier molecular flexibility index (Phi) is 4.84. The van der Waals surface area contributed by atoms with Crippen molar-refractivity contribution in [3.8, 4) is 0 Å². The van der Waals surface area contributed by atoms with Crippen molar-refractivity contribution in [1.82, 2.24) is 0 Å². The number of hydrogen-bond acceptors (Lipinski definition) is 3. The lowest BCUT2D eigenvalue weighted by Gasteiger charge is -2.13. The number of benzene rings is 1. The predicted molar refractivity (Wildman–Crippen MR) is 61.7 cm³/mol. The third-order valence-corrected chi connectivity index (χ3v) is 2.22. The lowest BCUT2D eigenvalue weighted by atomic mass is 10.0. The van der Waals surface area contributed by atoms with Crippen molar-refractivity contribution in [2.24, 2.45) is 0 Å². The van der Waals surface area contributed by atoms with Crippen LogP contribution in [0.1, 0.15) is 25.0 Å². The van der Waals surface area contributed by atoms with Gasteiger partial charge in [0, 0.05) is 0 Å². The maximum atomic E-state index is 12.7. The summed E-state index contributed by atoms with van der Waals surface area (Å²) in [5, 5.41) is 9.83. The van der Waals surface area contributed by atoms with Gasteiger partial charge in [-0.3, -0.25) is 0 Å². The molecule has 1 N–H and O–H groups in total. The highest BCUT2D eigenvalue weighted by Gasteiger charge is 2.19. The van der Waals surface area contributed by atoms with Crippen molar-refractivity contribution in [1.29, 1.82) is 0 Å². The largest absolute Gasteiger partial charge is 0.462 e. The smallest absolute Gasteiger partial charge is 0.336 e. The highest BCUT2D eigenvalue weighted by Crippen LogP contribution is 2.21. The van der Waals surface area contributed by atoms with Crippen molar-refractivity contribution in [3.63, 3.8) is 0 Å². The predicted octanol–water partition coefficient (Wildman–Crippen LogP) is 2.37. The minimum absolute atomic E-state index is 0.0509. The number of carbonyl (C=O) groups is 1. The second kappa shape index (κ2) is 6.15. The molecule has 0 aliphatic carbocycles. The Bertz CT molecular complexity index is 398. The average molecular weight is 238 g/mol. The Morgan fingerprint density at radius 1 is 1.47 bits per heavy atom. The number of ether oxygens (including phenoxy) is 1. The fraction of sp³-hybridized carbons (Fsp3) is 0.308. The Hall–Kier alpha value is -1.68. The van der Waals surface area contributed by atoms with Gasteiger partial charge in [0.15, 0.2) is 0 Å². The van der Waals surface area contributed by atoms with Crippen molar-refractivity contribution in [2.45, 2.75) is 19.4 Å². The Labute approximate surface area is 99.5 Å². The highest BCUT2D eigenvalue weighted by atomic mass is 19.1. The summed E-state index contributed by atoms with van der Waals surface area (Å²) < 4.78 is 17.5. The molecule has 0 aromatic heterocycles. The van der Waals surface area contributed by atoms with E-state index in [0.29, 0.717) is 12.0 Å². The van der Waals surface area contributed by atoms with Gasteiger partial charge in [-0.25, -0.2) is 9.18 Å². The number of carbonyl (C=O) groups excluding carboxylic acids is 1. The Morgan fingerprint density at radius 2 is 2.06 bits per heavy atom. The molecule has 0 aliphatic rings. The number of esters is 1. The minimum Gasteiger partial charge on any atom is -0.462 e. The van der Waals surface area contributed by atoms with Gasteiger partial charge in [0.2, 0.25) is 0 Å². The monoisotopic (exact) mass is 238 g/mol. The normalized spacial score (nSPS) is 11.9. The van der Waals surface area contributed by atoms with Crippen LogP contribution in [0.2, 0.25) is 0 Å². The van der Waals surface area contributed by atoms with E-state index in [1.54, 1.807) is 0 Å². The number of halogens is 1. The van der Waals surface area contributed by atoms with Crippen LogP contribution < -0.4 is 0 Å². The van der Waals surface area contributed by atoms with Crippen LogP contribution in [-0.2, 0) is 9.53 Å². The van der Waals surface area contributed by atoms with E-state index < -0.39 is 17.9 Å². The van der Waals surface area contributed by atoms with E-state index in [1.807, 2.05) is 6.92 Å². The average Bonchev–Trinajstić information content (AvgIpc) is 2.35. The van der Waals surface area contributed by atoms with Crippen LogP contribution in [0.25, 0.3) is 0 Å². The maximum absolute atomic E-state index is 12.7. The van der Waals surface area contributed by atoms with Crippen LogP contribution in [0.15, 0.2) is 36.4 Å². The van der Waals surface area contributed by atoms with Crippen molar-refractivity contribution in [3.05, 3.63) is 47.8 Å². The zero-order valence-corrected chi connectivity index (χ0v) is 9.65. The van der Waals surface area contributed by atoms with Crippen LogP contribution in [0, 0.1) is 5.82 Å². The second-order valence-electron chi connectivity index (χ2n) is 3.62. The molecule has 0 aliphatic heterocycles. The molecule has 1 rings (SSSR count). The molecule has 1 aromatic rings. The standard InChI is InChI=1S/C13H15FO3/c1-3-8-17-13(16)9(2)12(15)10-4-6-11(14)7-5-10/h4-7,12,15H,2-3,8H2,1H3. The van der Waals surface area contributed by atoms with Crippen LogP contribution in [-0.4, -0.2) is 17.7 Å². The molecule has 92 valence electrons. The highest BCUT2D eigenvalue weighted by molar-refractivity contribution is 5.89. The molecule has 0 radical (unpaired) electrons. The van der Waals surface area contributed by atoms with E-state index in [2.05, 4.69) is 6.58 Å². The Morgan fingerprint density at radius 3 is 2.59 bits per heavy atom. The summed E-state index contributed by atoms with van der Waals surface area (Å²) in [7, 11) is 0. The molecular formula is C13H15FO3. The van der Waals surface area contributed by atoms with Crippen molar-refractivity contribution in [2.75, 3.05) is 6.61 Å². The third-order valence-electron chi connectivity index (χ3n) is 2.22. The molecule has 0 fully saturated rings. The molecule has 3 nitrogen and oxygen atoms in total. The molecule has 0 saturated heterocycles. The van der Waals surface area contributed by atoms with Crippen LogP contribution in [0.5, 0.6) is 0 Å². The maximum Gasteiger partial charge on any atom is 0.336 e. The van der Waals surface area contributed by atoms with Gasteiger partial charge < -0.3 is 9.84 Å². The van der Waals surface area contributed by atoms with E-state index >= 15 is 0 Å². The fourth-order valence-electron chi connectivity index (χ4n) is 1.25. The summed E-state index contributed by atoms with van der Waals surface area (Å²) in [6.45, 7) is 5.64. The lowest BCUT2D eigenvalue weighted by Crippen LogP contribution is -2.14. The number of aliphatic hydroxyl groups excluding tert-OH is 1.